The first-order valence-electron chi connectivity index (χ1n) is 9.40. The lowest BCUT2D eigenvalue weighted by molar-refractivity contribution is -0.735. The van der Waals surface area contributed by atoms with Crippen LogP contribution in [0.3, 0.4) is 0 Å². The summed E-state index contributed by atoms with van der Waals surface area (Å²) in [4.78, 5) is 40.6. The van der Waals surface area contributed by atoms with Gasteiger partial charge in [0, 0.05) is 13.0 Å². The standard InChI is InChI=1S/C21H22N2O5/c1-3-23-18(24)15-16(19(23)25)21(20(26)27-2,12-13-8-5-4-6-9-13)22-17(15)14-10-7-11-28-14/h4-11,15-17,22H,3,12H2,1-2H3/p+1/t15-,16+,17+,21-/m1/s1. The summed E-state index contributed by atoms with van der Waals surface area (Å²) >= 11 is 0. The van der Waals surface area contributed by atoms with Crippen LogP contribution >= 0.6 is 0 Å². The molecule has 2 aromatic rings. The number of nitrogens with zero attached hydrogens (tertiary/aromatic N) is 1. The molecule has 146 valence electrons. The summed E-state index contributed by atoms with van der Waals surface area (Å²) in [5.41, 5.74) is -0.326. The quantitative estimate of drug-likeness (QED) is 0.605. The Bertz CT molecular complexity index is 895. The molecular weight excluding hydrogens is 360 g/mol. The molecule has 2 aliphatic rings. The van der Waals surface area contributed by atoms with Crippen molar-refractivity contribution >= 4 is 17.8 Å². The third kappa shape index (κ3) is 2.57. The number of amides is 2. The fourth-order valence-electron chi connectivity index (χ4n) is 4.79. The third-order valence-electron chi connectivity index (χ3n) is 5.95. The van der Waals surface area contributed by atoms with E-state index >= 15 is 0 Å². The van der Waals surface area contributed by atoms with Crippen LogP contribution in [0.2, 0.25) is 0 Å². The molecule has 3 heterocycles. The Labute approximate surface area is 162 Å². The fourth-order valence-corrected chi connectivity index (χ4v) is 4.79. The van der Waals surface area contributed by atoms with Crippen LogP contribution in [-0.4, -0.2) is 41.9 Å². The second kappa shape index (κ2) is 6.91. The largest absolute Gasteiger partial charge is 0.464 e. The molecule has 7 nitrogen and oxygen atoms in total. The molecule has 4 atom stereocenters. The fraction of sp³-hybridized carbons (Fsp3) is 0.381. The summed E-state index contributed by atoms with van der Waals surface area (Å²) in [6.07, 6.45) is 1.82. The van der Waals surface area contributed by atoms with E-state index in [0.29, 0.717) is 5.76 Å². The van der Waals surface area contributed by atoms with Crippen molar-refractivity contribution in [1.29, 1.82) is 0 Å². The molecule has 1 aromatic carbocycles. The van der Waals surface area contributed by atoms with Crippen molar-refractivity contribution < 1.29 is 28.9 Å². The molecule has 2 aliphatic heterocycles. The SMILES string of the molecule is CCN1C(=O)[C@@H]2[C@@H](C1=O)[C@](Cc1ccccc1)(C(=O)OC)[NH2+][C@H]2c1ccco1. The summed E-state index contributed by atoms with van der Waals surface area (Å²) < 4.78 is 10.7. The zero-order valence-corrected chi connectivity index (χ0v) is 15.8. The zero-order chi connectivity index (χ0) is 19.9. The van der Waals surface area contributed by atoms with Crippen molar-refractivity contribution in [3.05, 3.63) is 60.1 Å². The predicted octanol–water partition coefficient (Wildman–Crippen LogP) is 0.673. The van der Waals surface area contributed by atoms with Crippen LogP contribution in [-0.2, 0) is 25.5 Å². The van der Waals surface area contributed by atoms with Crippen LogP contribution in [0.15, 0.2) is 53.1 Å². The number of hydrogen-bond acceptors (Lipinski definition) is 5. The average molecular weight is 383 g/mol. The van der Waals surface area contributed by atoms with Gasteiger partial charge in [-0.1, -0.05) is 30.3 Å². The first-order chi connectivity index (χ1) is 13.5. The van der Waals surface area contributed by atoms with Crippen molar-refractivity contribution in [3.63, 3.8) is 0 Å². The van der Waals surface area contributed by atoms with E-state index in [1.54, 1.807) is 19.1 Å². The first kappa shape index (κ1) is 18.4. The van der Waals surface area contributed by atoms with Crippen molar-refractivity contribution in [1.82, 2.24) is 4.90 Å². The molecule has 2 fully saturated rings. The number of carbonyl (C=O) groups excluding carboxylic acids is 3. The molecule has 7 heteroatoms. The first-order valence-corrected chi connectivity index (χ1v) is 9.40. The minimum Gasteiger partial charge on any atom is -0.464 e. The van der Waals surface area contributed by atoms with Crippen LogP contribution < -0.4 is 5.32 Å². The number of furan rings is 1. The summed E-state index contributed by atoms with van der Waals surface area (Å²) in [6, 6.07) is 12.5. The summed E-state index contributed by atoms with van der Waals surface area (Å²) in [5.74, 6) is -1.96. The highest BCUT2D eigenvalue weighted by Crippen LogP contribution is 2.45. The second-order valence-electron chi connectivity index (χ2n) is 7.33. The number of methoxy groups -OCH3 is 1. The Hall–Kier alpha value is -2.93. The highest BCUT2D eigenvalue weighted by molar-refractivity contribution is 6.08. The van der Waals surface area contributed by atoms with Gasteiger partial charge in [0.2, 0.25) is 17.4 Å². The van der Waals surface area contributed by atoms with Crippen LogP contribution in [0.5, 0.6) is 0 Å². The Morgan fingerprint density at radius 1 is 1.18 bits per heavy atom. The number of hydrogen-bond donors (Lipinski definition) is 1. The van der Waals surface area contributed by atoms with E-state index in [1.165, 1.54) is 18.3 Å². The van der Waals surface area contributed by atoms with Crippen LogP contribution in [0.25, 0.3) is 0 Å². The van der Waals surface area contributed by atoms with Gasteiger partial charge >= 0.3 is 5.97 Å². The number of ether oxygens (including phenoxy) is 1. The van der Waals surface area contributed by atoms with Crippen LogP contribution in [0.1, 0.15) is 24.3 Å². The normalized spacial score (nSPS) is 29.2. The highest BCUT2D eigenvalue weighted by atomic mass is 16.5. The number of fused-ring (bicyclic) bond motifs is 1. The van der Waals surface area contributed by atoms with Gasteiger partial charge in [-0.3, -0.25) is 14.5 Å². The Morgan fingerprint density at radius 3 is 2.54 bits per heavy atom. The summed E-state index contributed by atoms with van der Waals surface area (Å²) in [7, 11) is 1.32. The van der Waals surface area contributed by atoms with Crippen molar-refractivity contribution in [3.8, 4) is 0 Å². The molecular formula is C21H23N2O5+. The van der Waals surface area contributed by atoms with Gasteiger partial charge in [0.1, 0.15) is 11.8 Å². The number of nitrogens with two attached hydrogens (primary N) is 1. The van der Waals surface area contributed by atoms with Crippen molar-refractivity contribution in [2.45, 2.75) is 24.9 Å². The van der Waals surface area contributed by atoms with E-state index in [4.69, 9.17) is 9.15 Å². The summed E-state index contributed by atoms with van der Waals surface area (Å²) in [5, 5.41) is 1.81. The maximum absolute atomic E-state index is 13.2. The van der Waals surface area contributed by atoms with Crippen molar-refractivity contribution in [2.75, 3.05) is 13.7 Å². The van der Waals surface area contributed by atoms with Crippen molar-refractivity contribution in [2.24, 2.45) is 11.8 Å². The van der Waals surface area contributed by atoms with Gasteiger partial charge in [-0.15, -0.1) is 0 Å². The molecule has 1 aromatic heterocycles. The number of quaternary nitrogens is 1. The number of rotatable bonds is 5. The smallest absolute Gasteiger partial charge is 0.369 e. The van der Waals surface area contributed by atoms with E-state index in [2.05, 4.69) is 0 Å². The lowest BCUT2D eigenvalue weighted by Gasteiger charge is -2.29. The van der Waals surface area contributed by atoms with Crippen LogP contribution in [0.4, 0.5) is 0 Å². The minimum atomic E-state index is -1.23. The molecule has 0 spiro atoms. The molecule has 4 rings (SSSR count). The molecule has 0 bridgehead atoms. The Morgan fingerprint density at radius 2 is 1.93 bits per heavy atom. The van der Waals surface area contributed by atoms with Gasteiger partial charge in [-0.25, -0.2) is 4.79 Å². The molecule has 2 saturated heterocycles. The number of carbonyl (C=O) groups is 3. The molecule has 0 unspecified atom stereocenters. The number of benzene rings is 1. The Balaban J connectivity index is 1.86. The van der Waals surface area contributed by atoms with Crippen LogP contribution in [0, 0.1) is 11.8 Å². The molecule has 2 amide bonds. The second-order valence-corrected chi connectivity index (χ2v) is 7.33. The molecule has 0 radical (unpaired) electrons. The number of imide groups is 1. The third-order valence-corrected chi connectivity index (χ3v) is 5.95. The van der Waals surface area contributed by atoms with E-state index in [-0.39, 0.29) is 24.8 Å². The van der Waals surface area contributed by atoms with Gasteiger partial charge in [0.05, 0.1) is 13.4 Å². The molecule has 28 heavy (non-hydrogen) atoms. The minimum absolute atomic E-state index is 0.256. The van der Waals surface area contributed by atoms with Gasteiger partial charge in [-0.2, -0.15) is 0 Å². The van der Waals surface area contributed by atoms with Gasteiger partial charge in [0.15, 0.2) is 11.8 Å². The monoisotopic (exact) mass is 383 g/mol. The molecule has 0 saturated carbocycles. The number of esters is 1. The highest BCUT2D eigenvalue weighted by Gasteiger charge is 2.72. The van der Waals surface area contributed by atoms with E-state index < -0.39 is 29.4 Å². The Kier molecular flexibility index (Phi) is 4.55. The zero-order valence-electron chi connectivity index (χ0n) is 15.8. The topological polar surface area (TPSA) is 93.4 Å². The van der Waals surface area contributed by atoms with E-state index in [9.17, 15) is 14.4 Å². The average Bonchev–Trinajstić information content (AvgIpc) is 3.40. The number of likely N-dealkylation sites (tertiary alicyclic amines) is 1. The van der Waals surface area contributed by atoms with E-state index in [0.717, 1.165) is 5.56 Å². The molecule has 0 aliphatic carbocycles. The van der Waals surface area contributed by atoms with E-state index in [1.807, 2.05) is 35.6 Å². The van der Waals surface area contributed by atoms with Gasteiger partial charge in [-0.05, 0) is 24.6 Å². The van der Waals surface area contributed by atoms with Gasteiger partial charge in [0.25, 0.3) is 0 Å². The molecule has 2 N–H and O–H groups in total. The summed E-state index contributed by atoms with van der Waals surface area (Å²) in [6.45, 7) is 2.04. The predicted molar refractivity (Wildman–Crippen MR) is 97.6 cm³/mol. The maximum atomic E-state index is 13.2. The van der Waals surface area contributed by atoms with Gasteiger partial charge < -0.3 is 14.5 Å². The lowest BCUT2D eigenvalue weighted by atomic mass is 9.76. The maximum Gasteiger partial charge on any atom is 0.369 e. The lowest BCUT2D eigenvalue weighted by Crippen LogP contribution is -2.98.